The molecule has 4 aromatic rings. The molecule has 4 rings (SSSR count). The Morgan fingerprint density at radius 2 is 1.77 bits per heavy atom. The van der Waals surface area contributed by atoms with Crippen LogP contribution in [-0.2, 0) is 11.3 Å². The Morgan fingerprint density at radius 3 is 2.51 bits per heavy atom. The zero-order chi connectivity index (χ0) is 27.8. The van der Waals surface area contributed by atoms with Crippen molar-refractivity contribution in [2.45, 2.75) is 25.7 Å². The molecule has 0 atom stereocenters. The number of anilines is 1. The SMILES string of the molecule is Fc1cc(CNCCCCOCCNc2cc(-c3ccncc3Cl)cc3[nH]ncc23)cc(F)c1OC(F)(F)F. The van der Waals surface area contributed by atoms with Crippen LogP contribution in [0.15, 0.2) is 48.9 Å². The van der Waals surface area contributed by atoms with Crippen molar-refractivity contribution >= 4 is 28.2 Å². The first-order valence-electron chi connectivity index (χ1n) is 12.0. The van der Waals surface area contributed by atoms with Crippen LogP contribution in [0.25, 0.3) is 22.0 Å². The molecule has 0 unspecified atom stereocenters. The molecule has 0 aliphatic heterocycles. The summed E-state index contributed by atoms with van der Waals surface area (Å²) in [5, 5.41) is 15.0. The van der Waals surface area contributed by atoms with Crippen molar-refractivity contribution in [2.24, 2.45) is 0 Å². The Bertz CT molecular complexity index is 1380. The average Bonchev–Trinajstić information content (AvgIpc) is 3.36. The topological polar surface area (TPSA) is 84.1 Å². The van der Waals surface area contributed by atoms with Gasteiger partial charge < -0.3 is 20.1 Å². The maximum Gasteiger partial charge on any atom is 0.573 e. The summed E-state index contributed by atoms with van der Waals surface area (Å²) in [5.74, 6) is -4.28. The molecule has 2 heterocycles. The number of nitrogens with zero attached hydrogens (tertiary/aromatic N) is 2. The molecule has 3 N–H and O–H groups in total. The van der Waals surface area contributed by atoms with E-state index in [0.717, 1.165) is 52.7 Å². The molecule has 0 aliphatic carbocycles. The lowest BCUT2D eigenvalue weighted by Crippen LogP contribution is -2.20. The Morgan fingerprint density at radius 1 is 0.974 bits per heavy atom. The van der Waals surface area contributed by atoms with Crippen LogP contribution in [0.1, 0.15) is 18.4 Å². The average molecular weight is 570 g/mol. The van der Waals surface area contributed by atoms with Gasteiger partial charge in [-0.05, 0) is 60.8 Å². The van der Waals surface area contributed by atoms with Crippen LogP contribution in [-0.4, -0.2) is 47.8 Å². The number of rotatable bonds is 13. The van der Waals surface area contributed by atoms with Gasteiger partial charge in [0.1, 0.15) is 0 Å². The smallest absolute Gasteiger partial charge is 0.399 e. The largest absolute Gasteiger partial charge is 0.573 e. The van der Waals surface area contributed by atoms with Crippen LogP contribution in [0.3, 0.4) is 0 Å². The van der Waals surface area contributed by atoms with Crippen molar-refractivity contribution in [3.05, 3.63) is 71.1 Å². The summed E-state index contributed by atoms with van der Waals surface area (Å²) in [5.41, 5.74) is 3.71. The molecule has 0 aliphatic rings. The Balaban J connectivity index is 1.15. The summed E-state index contributed by atoms with van der Waals surface area (Å²) >= 11 is 6.31. The molecular weight excluding hydrogens is 545 g/mol. The molecule has 0 saturated carbocycles. The third-order valence-corrected chi connectivity index (χ3v) is 6.00. The number of hydrogen-bond donors (Lipinski definition) is 3. The molecule has 0 fully saturated rings. The Labute approximate surface area is 225 Å². The first kappa shape index (κ1) is 28.5. The maximum absolute atomic E-state index is 13.8. The second kappa shape index (κ2) is 13.0. The lowest BCUT2D eigenvalue weighted by Gasteiger charge is -2.12. The van der Waals surface area contributed by atoms with E-state index in [-0.39, 0.29) is 12.1 Å². The first-order valence-corrected chi connectivity index (χ1v) is 12.4. The molecule has 2 aromatic heterocycles. The Hall–Kier alpha value is -3.48. The first-order chi connectivity index (χ1) is 18.7. The number of fused-ring (bicyclic) bond motifs is 1. The highest BCUT2D eigenvalue weighted by atomic mass is 35.5. The maximum atomic E-state index is 13.8. The number of pyridine rings is 1. The molecule has 0 saturated heterocycles. The third kappa shape index (κ3) is 8.01. The molecule has 7 nitrogen and oxygen atoms in total. The quantitative estimate of drug-likeness (QED) is 0.127. The minimum atomic E-state index is -5.17. The summed E-state index contributed by atoms with van der Waals surface area (Å²) in [6.07, 6.45) is 1.33. The number of alkyl halides is 3. The van der Waals surface area contributed by atoms with Gasteiger partial charge in [-0.15, -0.1) is 13.2 Å². The standard InChI is InChI=1S/C26H25ClF5N5O2/c27-20-15-34-5-3-18(20)17-11-23(19-14-36-37-24(19)12-17)35-6-8-38-7-2-1-4-33-13-16-9-21(28)25(22(29)10-16)39-26(30,31)32/h3,5,9-12,14-15,33,35H,1-2,4,6-8,13H2,(H,36,37). The van der Waals surface area contributed by atoms with Crippen LogP contribution in [0.4, 0.5) is 27.6 Å². The number of hydrogen-bond acceptors (Lipinski definition) is 6. The van der Waals surface area contributed by atoms with Crippen molar-refractivity contribution in [3.63, 3.8) is 0 Å². The van der Waals surface area contributed by atoms with Gasteiger partial charge in [0.05, 0.1) is 23.3 Å². The highest BCUT2D eigenvalue weighted by Crippen LogP contribution is 2.33. The molecule has 39 heavy (non-hydrogen) atoms. The lowest BCUT2D eigenvalue weighted by atomic mass is 10.0. The van der Waals surface area contributed by atoms with E-state index < -0.39 is 23.7 Å². The number of ether oxygens (including phenoxy) is 2. The van der Waals surface area contributed by atoms with E-state index in [0.29, 0.717) is 31.3 Å². The molecule has 2 aromatic carbocycles. The summed E-state index contributed by atoms with van der Waals surface area (Å²) in [4.78, 5) is 4.03. The van der Waals surface area contributed by atoms with Gasteiger partial charge in [-0.2, -0.15) is 5.10 Å². The van der Waals surface area contributed by atoms with Crippen molar-refractivity contribution < 1.29 is 31.4 Å². The molecule has 0 amide bonds. The number of halogens is 6. The number of aromatic amines is 1. The van der Waals surface area contributed by atoms with E-state index in [1.807, 2.05) is 18.2 Å². The van der Waals surface area contributed by atoms with E-state index in [4.69, 9.17) is 16.3 Å². The second-order valence-corrected chi connectivity index (χ2v) is 8.98. The molecular formula is C26H25ClF5N5O2. The fraction of sp³-hybridized carbons (Fsp3) is 0.308. The van der Waals surface area contributed by atoms with Crippen LogP contribution in [0, 0.1) is 11.6 Å². The minimum absolute atomic E-state index is 0.0944. The van der Waals surface area contributed by atoms with Crippen LogP contribution in [0.2, 0.25) is 5.02 Å². The summed E-state index contributed by atoms with van der Waals surface area (Å²) in [6.45, 7) is 2.19. The van der Waals surface area contributed by atoms with Crippen molar-refractivity contribution in [1.82, 2.24) is 20.5 Å². The zero-order valence-electron chi connectivity index (χ0n) is 20.5. The van der Waals surface area contributed by atoms with E-state index in [1.165, 1.54) is 0 Å². The van der Waals surface area contributed by atoms with Crippen LogP contribution in [0.5, 0.6) is 5.75 Å². The van der Waals surface area contributed by atoms with Crippen molar-refractivity contribution in [1.29, 1.82) is 0 Å². The van der Waals surface area contributed by atoms with E-state index >= 15 is 0 Å². The second-order valence-electron chi connectivity index (χ2n) is 8.57. The molecule has 208 valence electrons. The molecule has 0 bridgehead atoms. The summed E-state index contributed by atoms with van der Waals surface area (Å²) in [6, 6.07) is 7.45. The third-order valence-electron chi connectivity index (χ3n) is 5.70. The van der Waals surface area contributed by atoms with Gasteiger partial charge in [-0.1, -0.05) is 11.6 Å². The predicted octanol–water partition coefficient (Wildman–Crippen LogP) is 6.45. The van der Waals surface area contributed by atoms with Crippen LogP contribution >= 0.6 is 11.6 Å². The lowest BCUT2D eigenvalue weighted by molar-refractivity contribution is -0.276. The van der Waals surface area contributed by atoms with E-state index in [9.17, 15) is 22.0 Å². The normalized spacial score (nSPS) is 11.7. The Kier molecular flexibility index (Phi) is 9.54. The van der Waals surface area contributed by atoms with Crippen molar-refractivity contribution in [3.8, 4) is 16.9 Å². The van der Waals surface area contributed by atoms with Gasteiger partial charge in [0.2, 0.25) is 5.75 Å². The molecule has 0 radical (unpaired) electrons. The number of H-pyrrole nitrogens is 1. The van der Waals surface area contributed by atoms with Gasteiger partial charge >= 0.3 is 6.36 Å². The number of unbranched alkanes of at least 4 members (excludes halogenated alkanes) is 1. The van der Waals surface area contributed by atoms with E-state index in [2.05, 4.69) is 30.6 Å². The van der Waals surface area contributed by atoms with Gasteiger partial charge in [0.15, 0.2) is 11.6 Å². The van der Waals surface area contributed by atoms with Gasteiger partial charge in [-0.25, -0.2) is 8.78 Å². The molecule has 0 spiro atoms. The number of aromatic nitrogens is 3. The number of benzene rings is 2. The highest BCUT2D eigenvalue weighted by molar-refractivity contribution is 6.33. The molecule has 13 heteroatoms. The van der Waals surface area contributed by atoms with E-state index in [1.54, 1.807) is 18.6 Å². The minimum Gasteiger partial charge on any atom is -0.399 e. The van der Waals surface area contributed by atoms with Crippen molar-refractivity contribution in [2.75, 3.05) is 31.6 Å². The predicted molar refractivity (Wildman–Crippen MR) is 138 cm³/mol. The van der Waals surface area contributed by atoms with Gasteiger partial charge in [0, 0.05) is 48.7 Å². The summed E-state index contributed by atoms with van der Waals surface area (Å²) in [7, 11) is 0. The summed E-state index contributed by atoms with van der Waals surface area (Å²) < 4.78 is 73.3. The fourth-order valence-corrected chi connectivity index (χ4v) is 4.17. The number of nitrogens with one attached hydrogen (secondary N) is 3. The fourth-order valence-electron chi connectivity index (χ4n) is 3.94. The van der Waals surface area contributed by atoms with Crippen LogP contribution < -0.4 is 15.4 Å². The monoisotopic (exact) mass is 569 g/mol. The highest BCUT2D eigenvalue weighted by Gasteiger charge is 2.34. The van der Waals surface area contributed by atoms with Gasteiger partial charge in [0.25, 0.3) is 0 Å². The zero-order valence-corrected chi connectivity index (χ0v) is 21.3. The van der Waals surface area contributed by atoms with Gasteiger partial charge in [-0.3, -0.25) is 10.1 Å².